The summed E-state index contributed by atoms with van der Waals surface area (Å²) in [6.07, 6.45) is 3.88. The van der Waals surface area contributed by atoms with Crippen molar-refractivity contribution in [3.05, 3.63) is 74.7 Å². The molecule has 0 aliphatic carbocycles. The molecule has 1 aliphatic heterocycles. The van der Waals surface area contributed by atoms with E-state index in [0.717, 1.165) is 16.5 Å². The predicted octanol–water partition coefficient (Wildman–Crippen LogP) is 0.549. The molecule has 1 fully saturated rings. The lowest BCUT2D eigenvalue weighted by Crippen LogP contribution is -2.33. The van der Waals surface area contributed by atoms with Crippen LogP contribution in [0.5, 0.6) is 0 Å². The lowest BCUT2D eigenvalue weighted by Gasteiger charge is -2.15. The molecule has 5 N–H and O–H groups in total. The number of aromatic nitrogens is 3. The number of rotatable bonds is 6. The molecule has 10 heteroatoms. The molecule has 0 unspecified atom stereocenters. The number of fused-ring (bicyclic) bond motifs is 1. The standard InChI is InChI=1S/C22H24N4O6/c1-12(28)24-17(15-9-23-16-5-3-2-4-14(15)16)7-6-13-10-26(22(31)25-21(13)30)20-8-18(29)19(11-27)32-20/h2-7,9-10,17-20,23,27,29H,8,11H2,1H3,(H,24,28)(H,25,30,31)/t17-,18-,19+,20+/m0/s1. The van der Waals surface area contributed by atoms with Crippen LogP contribution in [0.4, 0.5) is 0 Å². The minimum Gasteiger partial charge on any atom is -0.394 e. The van der Waals surface area contributed by atoms with Gasteiger partial charge in [0.15, 0.2) is 0 Å². The van der Waals surface area contributed by atoms with Crippen molar-refractivity contribution in [1.82, 2.24) is 19.9 Å². The van der Waals surface area contributed by atoms with Gasteiger partial charge in [-0.1, -0.05) is 24.3 Å². The maximum atomic E-state index is 12.4. The summed E-state index contributed by atoms with van der Waals surface area (Å²) in [5, 5.41) is 23.0. The van der Waals surface area contributed by atoms with Crippen LogP contribution in [-0.4, -0.2) is 49.5 Å². The highest BCUT2D eigenvalue weighted by Crippen LogP contribution is 2.28. The van der Waals surface area contributed by atoms with Gasteiger partial charge in [0.1, 0.15) is 12.3 Å². The number of hydrogen-bond acceptors (Lipinski definition) is 6. The van der Waals surface area contributed by atoms with Gasteiger partial charge in [-0.05, 0) is 12.1 Å². The summed E-state index contributed by atoms with van der Waals surface area (Å²) >= 11 is 0. The highest BCUT2D eigenvalue weighted by molar-refractivity contribution is 5.85. The average Bonchev–Trinajstić information content (AvgIpc) is 3.35. The van der Waals surface area contributed by atoms with Crippen LogP contribution in [0.25, 0.3) is 17.0 Å². The quantitative estimate of drug-likeness (QED) is 0.378. The molecule has 0 bridgehead atoms. The van der Waals surface area contributed by atoms with E-state index in [1.54, 1.807) is 12.3 Å². The molecule has 1 amide bonds. The number of aliphatic hydroxyl groups excluding tert-OH is 2. The Morgan fingerprint density at radius 3 is 2.88 bits per heavy atom. The normalized spacial score (nSPS) is 21.9. The van der Waals surface area contributed by atoms with E-state index in [9.17, 15) is 24.6 Å². The average molecular weight is 440 g/mol. The van der Waals surface area contributed by atoms with E-state index >= 15 is 0 Å². The summed E-state index contributed by atoms with van der Waals surface area (Å²) in [5.74, 6) is -0.243. The minimum atomic E-state index is -0.922. The van der Waals surface area contributed by atoms with Crippen LogP contribution in [0, 0.1) is 0 Å². The van der Waals surface area contributed by atoms with Gasteiger partial charge in [0.05, 0.1) is 24.3 Å². The van der Waals surface area contributed by atoms with Crippen LogP contribution in [0.15, 0.2) is 52.3 Å². The maximum absolute atomic E-state index is 12.4. The first kappa shape index (κ1) is 21.8. The van der Waals surface area contributed by atoms with Crippen LogP contribution in [-0.2, 0) is 9.53 Å². The van der Waals surface area contributed by atoms with Crippen molar-refractivity contribution in [3.63, 3.8) is 0 Å². The number of hydrogen-bond donors (Lipinski definition) is 5. The maximum Gasteiger partial charge on any atom is 0.330 e. The van der Waals surface area contributed by atoms with E-state index in [-0.39, 0.29) is 24.5 Å². The topological polar surface area (TPSA) is 149 Å². The van der Waals surface area contributed by atoms with E-state index in [0.29, 0.717) is 0 Å². The summed E-state index contributed by atoms with van der Waals surface area (Å²) in [4.78, 5) is 41.9. The second kappa shape index (κ2) is 8.95. The molecule has 4 rings (SSSR count). The first-order chi connectivity index (χ1) is 15.4. The van der Waals surface area contributed by atoms with Crippen molar-refractivity contribution >= 4 is 22.9 Å². The zero-order valence-corrected chi connectivity index (χ0v) is 17.3. The third kappa shape index (κ3) is 4.28. The molecule has 0 radical (unpaired) electrons. The van der Waals surface area contributed by atoms with Gasteiger partial charge < -0.3 is 25.3 Å². The number of para-hydroxylation sites is 1. The third-order valence-corrected chi connectivity index (χ3v) is 5.47. The van der Waals surface area contributed by atoms with Gasteiger partial charge in [0.25, 0.3) is 5.56 Å². The number of carbonyl (C=O) groups excluding carboxylic acids is 1. The Balaban J connectivity index is 1.68. The number of nitrogens with zero attached hydrogens (tertiary/aromatic N) is 1. The van der Waals surface area contributed by atoms with E-state index in [4.69, 9.17) is 4.74 Å². The van der Waals surface area contributed by atoms with Crippen molar-refractivity contribution in [3.8, 4) is 0 Å². The first-order valence-corrected chi connectivity index (χ1v) is 10.2. The largest absolute Gasteiger partial charge is 0.394 e. The fraction of sp³-hybridized carbons (Fsp3) is 0.318. The highest BCUT2D eigenvalue weighted by atomic mass is 16.5. The van der Waals surface area contributed by atoms with Crippen LogP contribution in [0.2, 0.25) is 0 Å². The van der Waals surface area contributed by atoms with E-state index in [2.05, 4.69) is 15.3 Å². The molecule has 1 saturated heterocycles. The number of benzene rings is 1. The fourth-order valence-electron chi connectivity index (χ4n) is 3.88. The molecule has 32 heavy (non-hydrogen) atoms. The molecular weight excluding hydrogens is 416 g/mol. The Labute approximate surface area is 182 Å². The molecule has 0 spiro atoms. The van der Waals surface area contributed by atoms with Gasteiger partial charge in [-0.15, -0.1) is 0 Å². The van der Waals surface area contributed by atoms with Crippen molar-refractivity contribution in [1.29, 1.82) is 0 Å². The number of nitrogens with one attached hydrogen (secondary N) is 3. The van der Waals surface area contributed by atoms with Gasteiger partial charge in [-0.3, -0.25) is 19.1 Å². The molecule has 3 aromatic rings. The SMILES string of the molecule is CC(=O)N[C@@H](C=Cc1cn([C@H]2C[C@H](O)[C@@H](CO)O2)c(=O)[nH]c1=O)c1c[nH]c2ccccc12. The van der Waals surface area contributed by atoms with Crippen molar-refractivity contribution in [2.45, 2.75) is 37.8 Å². The number of ether oxygens (including phenoxy) is 1. The smallest absolute Gasteiger partial charge is 0.330 e. The molecule has 0 saturated carbocycles. The third-order valence-electron chi connectivity index (χ3n) is 5.47. The van der Waals surface area contributed by atoms with Crippen molar-refractivity contribution in [2.24, 2.45) is 0 Å². The van der Waals surface area contributed by atoms with Crippen molar-refractivity contribution < 1.29 is 19.7 Å². The Hall–Kier alpha value is -3.47. The van der Waals surface area contributed by atoms with Crippen LogP contribution in [0.1, 0.15) is 36.7 Å². The molecule has 3 heterocycles. The first-order valence-electron chi connectivity index (χ1n) is 10.2. The Kier molecular flexibility index (Phi) is 6.08. The lowest BCUT2D eigenvalue weighted by atomic mass is 10.0. The summed E-state index contributed by atoms with van der Waals surface area (Å²) in [6.45, 7) is 1.02. The van der Waals surface area contributed by atoms with E-state index in [1.165, 1.54) is 23.8 Å². The molecule has 1 aromatic carbocycles. The number of H-pyrrole nitrogens is 2. The van der Waals surface area contributed by atoms with Gasteiger partial charge in [0, 0.05) is 42.2 Å². The molecule has 2 aromatic heterocycles. The zero-order valence-electron chi connectivity index (χ0n) is 17.3. The number of amides is 1. The molecule has 1 aliphatic rings. The monoisotopic (exact) mass is 440 g/mol. The summed E-state index contributed by atoms with van der Waals surface area (Å²) in [5.41, 5.74) is 0.626. The van der Waals surface area contributed by atoms with Crippen LogP contribution >= 0.6 is 0 Å². The summed E-state index contributed by atoms with van der Waals surface area (Å²) in [7, 11) is 0. The van der Waals surface area contributed by atoms with E-state index < -0.39 is 35.7 Å². The van der Waals surface area contributed by atoms with E-state index in [1.807, 2.05) is 24.3 Å². The molecule has 168 valence electrons. The molecule has 4 atom stereocenters. The number of aliphatic hydroxyl groups is 2. The Morgan fingerprint density at radius 2 is 2.16 bits per heavy atom. The van der Waals surface area contributed by atoms with Gasteiger partial charge in [0.2, 0.25) is 5.91 Å². The second-order valence-corrected chi connectivity index (χ2v) is 7.69. The predicted molar refractivity (Wildman–Crippen MR) is 117 cm³/mol. The van der Waals surface area contributed by atoms with Gasteiger partial charge >= 0.3 is 5.69 Å². The second-order valence-electron chi connectivity index (χ2n) is 7.69. The Bertz CT molecular complexity index is 1270. The Morgan fingerprint density at radius 1 is 1.38 bits per heavy atom. The van der Waals surface area contributed by atoms with Gasteiger partial charge in [-0.25, -0.2) is 4.79 Å². The van der Waals surface area contributed by atoms with Gasteiger partial charge in [-0.2, -0.15) is 0 Å². The van der Waals surface area contributed by atoms with Crippen LogP contribution in [0.3, 0.4) is 0 Å². The van der Waals surface area contributed by atoms with Crippen molar-refractivity contribution in [2.75, 3.05) is 6.61 Å². The lowest BCUT2D eigenvalue weighted by molar-refractivity contribution is -0.119. The number of aromatic amines is 2. The van der Waals surface area contributed by atoms with Crippen LogP contribution < -0.4 is 16.6 Å². The fourth-order valence-corrected chi connectivity index (χ4v) is 3.88. The highest BCUT2D eigenvalue weighted by Gasteiger charge is 2.35. The summed E-state index contributed by atoms with van der Waals surface area (Å²) in [6, 6.07) is 7.12. The molecular formula is C22H24N4O6. The zero-order chi connectivity index (χ0) is 22.8. The number of carbonyl (C=O) groups is 1. The molecule has 10 nitrogen and oxygen atoms in total. The minimum absolute atomic E-state index is 0.101. The summed E-state index contributed by atoms with van der Waals surface area (Å²) < 4.78 is 6.71.